The van der Waals surface area contributed by atoms with E-state index in [0.29, 0.717) is 0 Å². The fourth-order valence-electron chi connectivity index (χ4n) is 2.16. The molecule has 0 fully saturated rings. The standard InChI is InChI=1S/C16H19NO/c1-10-9-16(18-4)12(3)8-14(10)13-5-6-15(17)11(2)7-13/h5-9H,17H2,1-4H3. The fourth-order valence-corrected chi connectivity index (χ4v) is 2.16. The van der Waals surface area contributed by atoms with Crippen molar-refractivity contribution in [1.29, 1.82) is 0 Å². The Hall–Kier alpha value is -1.96. The Kier molecular flexibility index (Phi) is 3.28. The van der Waals surface area contributed by atoms with Gasteiger partial charge in [-0.3, -0.25) is 0 Å². The van der Waals surface area contributed by atoms with Gasteiger partial charge in [0.1, 0.15) is 5.75 Å². The van der Waals surface area contributed by atoms with Gasteiger partial charge in [0.15, 0.2) is 0 Å². The normalized spacial score (nSPS) is 10.4. The summed E-state index contributed by atoms with van der Waals surface area (Å²) in [5.74, 6) is 0.934. The smallest absolute Gasteiger partial charge is 0.122 e. The zero-order valence-electron chi connectivity index (χ0n) is 11.4. The molecular weight excluding hydrogens is 222 g/mol. The monoisotopic (exact) mass is 241 g/mol. The molecule has 0 aliphatic carbocycles. The molecule has 0 aliphatic rings. The first-order valence-electron chi connectivity index (χ1n) is 6.04. The van der Waals surface area contributed by atoms with Crippen LogP contribution >= 0.6 is 0 Å². The van der Waals surface area contributed by atoms with Gasteiger partial charge in [-0.25, -0.2) is 0 Å². The Morgan fingerprint density at radius 2 is 1.61 bits per heavy atom. The Bertz CT molecular complexity index is 588. The van der Waals surface area contributed by atoms with E-state index in [4.69, 9.17) is 10.5 Å². The van der Waals surface area contributed by atoms with Crippen LogP contribution in [0.3, 0.4) is 0 Å². The van der Waals surface area contributed by atoms with E-state index in [1.165, 1.54) is 16.7 Å². The number of hydrogen-bond acceptors (Lipinski definition) is 2. The SMILES string of the molecule is COc1cc(C)c(-c2ccc(N)c(C)c2)cc1C. The first-order valence-corrected chi connectivity index (χ1v) is 6.04. The van der Waals surface area contributed by atoms with Gasteiger partial charge in [0.05, 0.1) is 7.11 Å². The second kappa shape index (κ2) is 4.73. The number of hydrogen-bond donors (Lipinski definition) is 1. The van der Waals surface area contributed by atoms with E-state index >= 15 is 0 Å². The topological polar surface area (TPSA) is 35.2 Å². The van der Waals surface area contributed by atoms with E-state index in [1.807, 2.05) is 13.0 Å². The molecule has 0 unspecified atom stereocenters. The van der Waals surface area contributed by atoms with Gasteiger partial charge >= 0.3 is 0 Å². The highest BCUT2D eigenvalue weighted by Gasteiger charge is 2.07. The van der Waals surface area contributed by atoms with Crippen molar-refractivity contribution in [3.8, 4) is 16.9 Å². The van der Waals surface area contributed by atoms with E-state index in [0.717, 1.165) is 22.6 Å². The van der Waals surface area contributed by atoms with Gasteiger partial charge in [0.2, 0.25) is 0 Å². The van der Waals surface area contributed by atoms with Crippen molar-refractivity contribution in [3.63, 3.8) is 0 Å². The number of anilines is 1. The number of rotatable bonds is 2. The van der Waals surface area contributed by atoms with Crippen LogP contribution in [0.1, 0.15) is 16.7 Å². The Labute approximate surface area is 108 Å². The van der Waals surface area contributed by atoms with Crippen LogP contribution in [0.25, 0.3) is 11.1 Å². The van der Waals surface area contributed by atoms with Crippen molar-refractivity contribution in [2.24, 2.45) is 0 Å². The largest absolute Gasteiger partial charge is 0.496 e. The molecule has 0 saturated carbocycles. The predicted octanol–water partition coefficient (Wildman–Crippen LogP) is 3.87. The summed E-state index contributed by atoms with van der Waals surface area (Å²) in [7, 11) is 1.70. The van der Waals surface area contributed by atoms with E-state index in [2.05, 4.69) is 38.1 Å². The number of methoxy groups -OCH3 is 1. The van der Waals surface area contributed by atoms with Crippen LogP contribution in [0, 0.1) is 20.8 Å². The molecule has 0 saturated heterocycles. The predicted molar refractivity (Wildman–Crippen MR) is 77.1 cm³/mol. The molecule has 94 valence electrons. The van der Waals surface area contributed by atoms with E-state index < -0.39 is 0 Å². The van der Waals surface area contributed by atoms with Crippen molar-refractivity contribution in [1.82, 2.24) is 0 Å². The lowest BCUT2D eigenvalue weighted by atomic mass is 9.96. The Morgan fingerprint density at radius 1 is 0.889 bits per heavy atom. The second-order valence-corrected chi connectivity index (χ2v) is 4.71. The zero-order valence-corrected chi connectivity index (χ0v) is 11.4. The molecule has 2 rings (SSSR count). The lowest BCUT2D eigenvalue weighted by Crippen LogP contribution is -1.93. The number of nitrogen functional groups attached to an aromatic ring is 1. The summed E-state index contributed by atoms with van der Waals surface area (Å²) in [5, 5.41) is 0. The summed E-state index contributed by atoms with van der Waals surface area (Å²) >= 11 is 0. The Morgan fingerprint density at radius 3 is 2.22 bits per heavy atom. The van der Waals surface area contributed by atoms with Crippen molar-refractivity contribution in [3.05, 3.63) is 47.0 Å². The third-order valence-electron chi connectivity index (χ3n) is 3.32. The molecule has 2 heteroatoms. The second-order valence-electron chi connectivity index (χ2n) is 4.71. The highest BCUT2D eigenvalue weighted by Crippen LogP contribution is 2.31. The molecule has 0 radical (unpaired) electrons. The average Bonchev–Trinajstić information content (AvgIpc) is 2.35. The maximum atomic E-state index is 5.86. The first kappa shape index (κ1) is 12.5. The molecule has 0 bridgehead atoms. The van der Waals surface area contributed by atoms with Gasteiger partial charge in [-0.1, -0.05) is 6.07 Å². The van der Waals surface area contributed by atoms with Crippen LogP contribution in [0.15, 0.2) is 30.3 Å². The van der Waals surface area contributed by atoms with Crippen molar-refractivity contribution in [2.75, 3.05) is 12.8 Å². The van der Waals surface area contributed by atoms with Crippen molar-refractivity contribution >= 4 is 5.69 Å². The highest BCUT2D eigenvalue weighted by atomic mass is 16.5. The molecule has 0 amide bonds. The summed E-state index contributed by atoms with van der Waals surface area (Å²) in [6.45, 7) is 6.19. The molecule has 0 atom stereocenters. The average molecular weight is 241 g/mol. The van der Waals surface area contributed by atoms with Crippen LogP contribution in [-0.4, -0.2) is 7.11 Å². The van der Waals surface area contributed by atoms with Gasteiger partial charge in [-0.15, -0.1) is 0 Å². The van der Waals surface area contributed by atoms with Gasteiger partial charge < -0.3 is 10.5 Å². The Balaban J connectivity index is 2.57. The van der Waals surface area contributed by atoms with Crippen LogP contribution < -0.4 is 10.5 Å². The molecular formula is C16H19NO. The summed E-state index contributed by atoms with van der Waals surface area (Å²) in [6, 6.07) is 10.4. The van der Waals surface area contributed by atoms with Crippen molar-refractivity contribution in [2.45, 2.75) is 20.8 Å². The van der Waals surface area contributed by atoms with E-state index in [-0.39, 0.29) is 0 Å². The fraction of sp³-hybridized carbons (Fsp3) is 0.250. The number of aryl methyl sites for hydroxylation is 3. The summed E-state index contributed by atoms with van der Waals surface area (Å²) in [6.07, 6.45) is 0. The summed E-state index contributed by atoms with van der Waals surface area (Å²) in [5.41, 5.74) is 12.6. The summed E-state index contributed by atoms with van der Waals surface area (Å²) in [4.78, 5) is 0. The van der Waals surface area contributed by atoms with Gasteiger partial charge in [-0.2, -0.15) is 0 Å². The minimum Gasteiger partial charge on any atom is -0.496 e. The van der Waals surface area contributed by atoms with E-state index in [1.54, 1.807) is 7.11 Å². The molecule has 2 nitrogen and oxygen atoms in total. The van der Waals surface area contributed by atoms with Gasteiger partial charge in [0, 0.05) is 5.69 Å². The molecule has 0 heterocycles. The lowest BCUT2D eigenvalue weighted by Gasteiger charge is -2.12. The number of benzene rings is 2. The van der Waals surface area contributed by atoms with Crippen LogP contribution in [0.2, 0.25) is 0 Å². The molecule has 0 aromatic heterocycles. The summed E-state index contributed by atoms with van der Waals surface area (Å²) < 4.78 is 5.34. The van der Waals surface area contributed by atoms with Gasteiger partial charge in [-0.05, 0) is 72.9 Å². The highest BCUT2D eigenvalue weighted by molar-refractivity contribution is 5.72. The maximum absolute atomic E-state index is 5.86. The molecule has 2 aromatic carbocycles. The number of nitrogens with two attached hydrogens (primary N) is 1. The zero-order chi connectivity index (χ0) is 13.3. The quantitative estimate of drug-likeness (QED) is 0.810. The lowest BCUT2D eigenvalue weighted by molar-refractivity contribution is 0.411. The molecule has 0 aliphatic heterocycles. The number of ether oxygens (including phenoxy) is 1. The molecule has 18 heavy (non-hydrogen) atoms. The van der Waals surface area contributed by atoms with E-state index in [9.17, 15) is 0 Å². The third kappa shape index (κ3) is 2.19. The van der Waals surface area contributed by atoms with Gasteiger partial charge in [0.25, 0.3) is 0 Å². The molecule has 2 aromatic rings. The molecule has 0 spiro atoms. The van der Waals surface area contributed by atoms with Crippen LogP contribution in [0.4, 0.5) is 5.69 Å². The first-order chi connectivity index (χ1) is 8.52. The van der Waals surface area contributed by atoms with Crippen LogP contribution in [0.5, 0.6) is 5.75 Å². The van der Waals surface area contributed by atoms with Crippen LogP contribution in [-0.2, 0) is 0 Å². The maximum Gasteiger partial charge on any atom is 0.122 e. The minimum atomic E-state index is 0.835. The third-order valence-corrected chi connectivity index (χ3v) is 3.32. The minimum absolute atomic E-state index is 0.835. The van der Waals surface area contributed by atoms with Crippen molar-refractivity contribution < 1.29 is 4.74 Å². The molecule has 2 N–H and O–H groups in total.